The molecule has 0 aromatic heterocycles. The molecular formula is C10H20N2O2S. The van der Waals surface area contributed by atoms with Crippen molar-refractivity contribution in [3.05, 3.63) is 0 Å². The summed E-state index contributed by atoms with van der Waals surface area (Å²) in [5.74, 6) is 0.664. The highest BCUT2D eigenvalue weighted by atomic mass is 32.2. The van der Waals surface area contributed by atoms with E-state index in [0.29, 0.717) is 18.1 Å². The Kier molecular flexibility index (Phi) is 3.33. The van der Waals surface area contributed by atoms with Gasteiger partial charge in [0.05, 0.1) is 11.5 Å². The molecule has 2 fully saturated rings. The Balaban J connectivity index is 1.72. The molecule has 1 saturated heterocycles. The number of sulfone groups is 1. The van der Waals surface area contributed by atoms with Crippen molar-refractivity contribution in [1.82, 2.24) is 10.2 Å². The molecule has 0 spiro atoms. The molecule has 0 amide bonds. The van der Waals surface area contributed by atoms with Gasteiger partial charge in [0, 0.05) is 31.7 Å². The quantitative estimate of drug-likeness (QED) is 0.733. The third kappa shape index (κ3) is 3.43. The zero-order valence-corrected chi connectivity index (χ0v) is 10.1. The highest BCUT2D eigenvalue weighted by Crippen LogP contribution is 2.18. The second-order valence-corrected chi connectivity index (χ2v) is 6.96. The van der Waals surface area contributed by atoms with Crippen molar-refractivity contribution in [2.75, 3.05) is 31.1 Å². The SMILES string of the molecule is CC1CS(=O)(=O)CCN1CCNC1CC1. The van der Waals surface area contributed by atoms with Crippen LogP contribution in [0, 0.1) is 0 Å². The minimum atomic E-state index is -2.76. The van der Waals surface area contributed by atoms with E-state index < -0.39 is 9.84 Å². The zero-order chi connectivity index (χ0) is 10.9. The van der Waals surface area contributed by atoms with E-state index in [0.717, 1.165) is 19.1 Å². The van der Waals surface area contributed by atoms with Gasteiger partial charge in [-0.1, -0.05) is 0 Å². The summed E-state index contributed by atoms with van der Waals surface area (Å²) in [4.78, 5) is 2.27. The summed E-state index contributed by atoms with van der Waals surface area (Å²) < 4.78 is 22.7. The fourth-order valence-corrected chi connectivity index (χ4v) is 3.69. The van der Waals surface area contributed by atoms with E-state index in [1.807, 2.05) is 6.92 Å². The van der Waals surface area contributed by atoms with Gasteiger partial charge in [0.15, 0.2) is 9.84 Å². The van der Waals surface area contributed by atoms with Crippen molar-refractivity contribution in [1.29, 1.82) is 0 Å². The van der Waals surface area contributed by atoms with Crippen LogP contribution in [0.15, 0.2) is 0 Å². The zero-order valence-electron chi connectivity index (χ0n) is 9.28. The topological polar surface area (TPSA) is 49.4 Å². The molecule has 1 saturated carbocycles. The van der Waals surface area contributed by atoms with Gasteiger partial charge in [-0.3, -0.25) is 4.90 Å². The van der Waals surface area contributed by atoms with Gasteiger partial charge in [0.25, 0.3) is 0 Å². The fourth-order valence-electron chi connectivity index (χ4n) is 2.06. The maximum atomic E-state index is 11.4. The lowest BCUT2D eigenvalue weighted by Gasteiger charge is -2.33. The van der Waals surface area contributed by atoms with Crippen LogP contribution in [0.25, 0.3) is 0 Å². The fraction of sp³-hybridized carbons (Fsp3) is 1.00. The lowest BCUT2D eigenvalue weighted by atomic mass is 10.3. The first-order valence-electron chi connectivity index (χ1n) is 5.75. The maximum Gasteiger partial charge on any atom is 0.153 e. The molecule has 0 radical (unpaired) electrons. The number of rotatable bonds is 4. The van der Waals surface area contributed by atoms with Gasteiger partial charge in [0.2, 0.25) is 0 Å². The van der Waals surface area contributed by atoms with Crippen molar-refractivity contribution < 1.29 is 8.42 Å². The van der Waals surface area contributed by atoms with Crippen LogP contribution in [0.4, 0.5) is 0 Å². The van der Waals surface area contributed by atoms with E-state index in [1.54, 1.807) is 0 Å². The number of nitrogens with zero attached hydrogens (tertiary/aromatic N) is 1. The Morgan fingerprint density at radius 3 is 2.73 bits per heavy atom. The van der Waals surface area contributed by atoms with Gasteiger partial charge in [-0.15, -0.1) is 0 Å². The highest BCUT2D eigenvalue weighted by molar-refractivity contribution is 7.91. The van der Waals surface area contributed by atoms with Gasteiger partial charge in [-0.25, -0.2) is 8.42 Å². The summed E-state index contributed by atoms with van der Waals surface area (Å²) in [6, 6.07) is 0.929. The van der Waals surface area contributed by atoms with Crippen LogP contribution in [0.3, 0.4) is 0 Å². The highest BCUT2D eigenvalue weighted by Gasteiger charge is 2.28. The number of hydrogen-bond acceptors (Lipinski definition) is 4. The largest absolute Gasteiger partial charge is 0.313 e. The molecular weight excluding hydrogens is 212 g/mol. The molecule has 4 nitrogen and oxygen atoms in total. The van der Waals surface area contributed by atoms with Crippen LogP contribution in [-0.2, 0) is 9.84 Å². The van der Waals surface area contributed by atoms with E-state index in [9.17, 15) is 8.42 Å². The standard InChI is InChI=1S/C10H20N2O2S/c1-9-8-15(13,14)7-6-12(9)5-4-11-10-2-3-10/h9-11H,2-8H2,1H3. The van der Waals surface area contributed by atoms with Crippen LogP contribution in [0.5, 0.6) is 0 Å². The lowest BCUT2D eigenvalue weighted by molar-refractivity contribution is 0.227. The van der Waals surface area contributed by atoms with Crippen LogP contribution in [0.1, 0.15) is 19.8 Å². The molecule has 0 aromatic rings. The number of hydrogen-bond donors (Lipinski definition) is 1. The molecule has 88 valence electrons. The van der Waals surface area contributed by atoms with Crippen molar-refractivity contribution in [3.63, 3.8) is 0 Å². The van der Waals surface area contributed by atoms with Gasteiger partial charge in [0.1, 0.15) is 0 Å². The maximum absolute atomic E-state index is 11.4. The first kappa shape index (κ1) is 11.4. The molecule has 0 aromatic carbocycles. The molecule has 1 heterocycles. The van der Waals surface area contributed by atoms with Gasteiger partial charge < -0.3 is 5.32 Å². The molecule has 2 aliphatic rings. The predicted molar refractivity (Wildman–Crippen MR) is 60.7 cm³/mol. The molecule has 1 N–H and O–H groups in total. The summed E-state index contributed by atoms with van der Waals surface area (Å²) in [5.41, 5.74) is 0. The van der Waals surface area contributed by atoms with E-state index >= 15 is 0 Å². The first-order valence-corrected chi connectivity index (χ1v) is 7.57. The minimum Gasteiger partial charge on any atom is -0.313 e. The number of nitrogens with one attached hydrogen (secondary N) is 1. The second-order valence-electron chi connectivity index (χ2n) is 4.73. The Labute approximate surface area is 91.9 Å². The molecule has 0 bridgehead atoms. The van der Waals surface area contributed by atoms with Gasteiger partial charge in [-0.2, -0.15) is 0 Å². The van der Waals surface area contributed by atoms with Crippen molar-refractivity contribution in [2.24, 2.45) is 0 Å². The summed E-state index contributed by atoms with van der Waals surface area (Å²) in [6.45, 7) is 4.69. The van der Waals surface area contributed by atoms with Crippen LogP contribution < -0.4 is 5.32 Å². The Bertz CT molecular complexity index is 311. The first-order chi connectivity index (χ1) is 7.07. The molecule has 1 aliphatic heterocycles. The normalized spacial score (nSPS) is 31.7. The Hall–Kier alpha value is -0.130. The molecule has 2 rings (SSSR count). The minimum absolute atomic E-state index is 0.185. The molecule has 1 aliphatic carbocycles. The summed E-state index contributed by atoms with van der Waals surface area (Å²) in [6.07, 6.45) is 2.62. The van der Waals surface area contributed by atoms with Crippen molar-refractivity contribution in [2.45, 2.75) is 31.8 Å². The predicted octanol–water partition coefficient (Wildman–Crippen LogP) is -0.143. The monoisotopic (exact) mass is 232 g/mol. The Morgan fingerprint density at radius 1 is 1.40 bits per heavy atom. The van der Waals surface area contributed by atoms with E-state index in [4.69, 9.17) is 0 Å². The third-order valence-electron chi connectivity index (χ3n) is 3.22. The molecule has 1 unspecified atom stereocenters. The summed E-state index contributed by atoms with van der Waals surface area (Å²) in [5, 5.41) is 3.45. The smallest absolute Gasteiger partial charge is 0.153 e. The second kappa shape index (κ2) is 4.39. The van der Waals surface area contributed by atoms with Crippen molar-refractivity contribution in [3.8, 4) is 0 Å². The molecule has 5 heteroatoms. The van der Waals surface area contributed by atoms with Gasteiger partial charge in [-0.05, 0) is 19.8 Å². The van der Waals surface area contributed by atoms with Gasteiger partial charge >= 0.3 is 0 Å². The van der Waals surface area contributed by atoms with E-state index in [2.05, 4.69) is 10.2 Å². The molecule has 15 heavy (non-hydrogen) atoms. The van der Waals surface area contributed by atoms with Crippen LogP contribution >= 0.6 is 0 Å². The third-order valence-corrected chi connectivity index (χ3v) is 5.01. The average molecular weight is 232 g/mol. The average Bonchev–Trinajstić information content (AvgIpc) is 2.91. The van der Waals surface area contributed by atoms with Crippen molar-refractivity contribution >= 4 is 9.84 Å². The Morgan fingerprint density at radius 2 is 2.13 bits per heavy atom. The van der Waals surface area contributed by atoms with E-state index in [-0.39, 0.29) is 6.04 Å². The van der Waals surface area contributed by atoms with Crippen LogP contribution in [-0.4, -0.2) is 56.5 Å². The summed E-state index contributed by atoms with van der Waals surface area (Å²) in [7, 11) is -2.76. The van der Waals surface area contributed by atoms with E-state index in [1.165, 1.54) is 12.8 Å². The van der Waals surface area contributed by atoms with Crippen LogP contribution in [0.2, 0.25) is 0 Å². The summed E-state index contributed by atoms with van der Waals surface area (Å²) >= 11 is 0. The lowest BCUT2D eigenvalue weighted by Crippen LogP contribution is -2.49. The molecule has 1 atom stereocenters.